The smallest absolute Gasteiger partial charge is 0.339 e. The van der Waals surface area contributed by atoms with Crippen LogP contribution in [0, 0.1) is 6.92 Å². The van der Waals surface area contributed by atoms with Gasteiger partial charge in [-0.25, -0.2) is 4.79 Å². The van der Waals surface area contributed by atoms with Gasteiger partial charge in [0.15, 0.2) is 17.6 Å². The molecule has 2 heterocycles. The molecule has 1 aliphatic heterocycles. The Morgan fingerprint density at radius 3 is 2.72 bits per heavy atom. The second kappa shape index (κ2) is 9.34. The molecule has 0 N–H and O–H groups in total. The Labute approximate surface area is 186 Å². The Morgan fingerprint density at radius 2 is 1.97 bits per heavy atom. The molecule has 7 heteroatoms. The lowest BCUT2D eigenvalue weighted by molar-refractivity contribution is -0.132. The van der Waals surface area contributed by atoms with Crippen molar-refractivity contribution < 1.29 is 23.4 Å². The van der Waals surface area contributed by atoms with Gasteiger partial charge in [-0.2, -0.15) is 0 Å². The summed E-state index contributed by atoms with van der Waals surface area (Å²) in [7, 11) is 1.56. The maximum Gasteiger partial charge on any atom is 0.339 e. The van der Waals surface area contributed by atoms with E-state index >= 15 is 0 Å². The molecule has 32 heavy (non-hydrogen) atoms. The number of likely N-dealkylation sites (N-methyl/N-ethyl adjacent to an activating group) is 1. The fourth-order valence-electron chi connectivity index (χ4n) is 3.99. The van der Waals surface area contributed by atoms with Crippen molar-refractivity contribution in [3.63, 3.8) is 0 Å². The van der Waals surface area contributed by atoms with Crippen molar-refractivity contribution in [3.05, 3.63) is 64.0 Å². The molecular formula is C25H27NO6. The highest BCUT2D eigenvalue weighted by molar-refractivity contribution is 5.82. The third-order valence-corrected chi connectivity index (χ3v) is 5.81. The summed E-state index contributed by atoms with van der Waals surface area (Å²) < 4.78 is 22.4. The zero-order valence-electron chi connectivity index (χ0n) is 18.6. The summed E-state index contributed by atoms with van der Waals surface area (Å²) in [6.07, 6.45) is 0.290. The molecule has 168 valence electrons. The third-order valence-electron chi connectivity index (χ3n) is 5.81. The summed E-state index contributed by atoms with van der Waals surface area (Å²) in [5, 5.41) is 0.839. The number of amides is 1. The summed E-state index contributed by atoms with van der Waals surface area (Å²) in [6, 6.07) is 12.9. The van der Waals surface area contributed by atoms with Gasteiger partial charge in [-0.1, -0.05) is 12.1 Å². The van der Waals surface area contributed by atoms with E-state index in [9.17, 15) is 9.59 Å². The molecule has 4 rings (SSSR count). The van der Waals surface area contributed by atoms with Crippen molar-refractivity contribution in [1.29, 1.82) is 0 Å². The van der Waals surface area contributed by atoms with Gasteiger partial charge in [-0.05, 0) is 50.1 Å². The number of nitrogens with zero attached hydrogens (tertiary/aromatic N) is 1. The van der Waals surface area contributed by atoms with Gasteiger partial charge < -0.3 is 23.5 Å². The Hall–Kier alpha value is -3.48. The van der Waals surface area contributed by atoms with Crippen LogP contribution in [0.25, 0.3) is 11.0 Å². The van der Waals surface area contributed by atoms with Crippen molar-refractivity contribution in [1.82, 2.24) is 4.90 Å². The summed E-state index contributed by atoms with van der Waals surface area (Å²) in [4.78, 5) is 27.2. The molecule has 1 amide bonds. The minimum Gasteiger partial charge on any atom is -0.497 e. The topological polar surface area (TPSA) is 78.2 Å². The molecule has 1 aliphatic rings. The van der Waals surface area contributed by atoms with Gasteiger partial charge in [0.25, 0.3) is 0 Å². The van der Waals surface area contributed by atoms with E-state index in [1.54, 1.807) is 18.1 Å². The summed E-state index contributed by atoms with van der Waals surface area (Å²) in [5.41, 5.74) is 1.42. The molecule has 7 nitrogen and oxygen atoms in total. The van der Waals surface area contributed by atoms with E-state index in [4.69, 9.17) is 18.6 Å². The molecule has 0 spiro atoms. The van der Waals surface area contributed by atoms with Crippen LogP contribution in [0.4, 0.5) is 0 Å². The molecular weight excluding hydrogens is 410 g/mol. The number of carbonyl (C=O) groups excluding carboxylic acids is 1. The normalized spacial score (nSPS) is 14.9. The Bertz CT molecular complexity index is 1180. The number of hydrogen-bond acceptors (Lipinski definition) is 6. The van der Waals surface area contributed by atoms with Gasteiger partial charge in [0.2, 0.25) is 5.91 Å². The Balaban J connectivity index is 1.43. The van der Waals surface area contributed by atoms with E-state index in [-0.39, 0.29) is 18.4 Å². The number of ether oxygens (including phenoxy) is 3. The van der Waals surface area contributed by atoms with Crippen molar-refractivity contribution in [2.24, 2.45) is 0 Å². The molecule has 0 fully saturated rings. The first-order chi connectivity index (χ1) is 15.5. The molecule has 3 aromatic rings. The monoisotopic (exact) mass is 437 g/mol. The first-order valence-electron chi connectivity index (χ1n) is 10.8. The van der Waals surface area contributed by atoms with E-state index in [0.717, 1.165) is 10.9 Å². The summed E-state index contributed by atoms with van der Waals surface area (Å²) in [5.74, 6) is 1.99. The third kappa shape index (κ3) is 4.42. The van der Waals surface area contributed by atoms with Crippen LogP contribution in [0.2, 0.25) is 0 Å². The van der Waals surface area contributed by atoms with E-state index in [0.29, 0.717) is 54.5 Å². The van der Waals surface area contributed by atoms with Crippen LogP contribution in [0.3, 0.4) is 0 Å². The summed E-state index contributed by atoms with van der Waals surface area (Å²) >= 11 is 0. The highest BCUT2D eigenvalue weighted by Crippen LogP contribution is 2.31. The van der Waals surface area contributed by atoms with Gasteiger partial charge in [0.05, 0.1) is 13.7 Å². The molecule has 2 aromatic carbocycles. The molecule has 0 saturated carbocycles. The number of carbonyl (C=O) groups is 1. The lowest BCUT2D eigenvalue weighted by Gasteiger charge is -2.31. The second-order valence-electron chi connectivity index (χ2n) is 7.79. The minimum absolute atomic E-state index is 0.0383. The fraction of sp³-hybridized carbons (Fsp3) is 0.360. The van der Waals surface area contributed by atoms with Crippen LogP contribution in [-0.4, -0.2) is 43.7 Å². The van der Waals surface area contributed by atoms with Gasteiger partial charge in [-0.15, -0.1) is 0 Å². The largest absolute Gasteiger partial charge is 0.497 e. The maximum absolute atomic E-state index is 12.9. The second-order valence-corrected chi connectivity index (χ2v) is 7.79. The zero-order valence-corrected chi connectivity index (χ0v) is 18.6. The predicted octanol–water partition coefficient (Wildman–Crippen LogP) is 3.73. The SMILES string of the molecule is CCN(CC1COc2ccccc2O1)C(=O)CCc1c(C)c2ccc(OC)cc2oc1=O. The van der Waals surface area contributed by atoms with E-state index in [1.165, 1.54) is 0 Å². The van der Waals surface area contributed by atoms with Crippen LogP contribution >= 0.6 is 0 Å². The van der Waals surface area contributed by atoms with Crippen LogP contribution in [-0.2, 0) is 11.2 Å². The highest BCUT2D eigenvalue weighted by atomic mass is 16.6. The lowest BCUT2D eigenvalue weighted by Crippen LogP contribution is -2.43. The Morgan fingerprint density at radius 1 is 1.19 bits per heavy atom. The number of rotatable bonds is 7. The van der Waals surface area contributed by atoms with Gasteiger partial charge in [0, 0.05) is 30.0 Å². The van der Waals surface area contributed by atoms with Crippen molar-refractivity contribution in [2.45, 2.75) is 32.8 Å². The van der Waals surface area contributed by atoms with Gasteiger partial charge in [0.1, 0.15) is 17.9 Å². The Kier molecular flexibility index (Phi) is 6.35. The predicted molar refractivity (Wildman–Crippen MR) is 121 cm³/mol. The first-order valence-corrected chi connectivity index (χ1v) is 10.8. The number of aryl methyl sites for hydroxylation is 1. The molecule has 0 bridgehead atoms. The van der Waals surface area contributed by atoms with E-state index in [1.807, 2.05) is 50.2 Å². The molecule has 0 radical (unpaired) electrons. The van der Waals surface area contributed by atoms with E-state index < -0.39 is 5.63 Å². The molecule has 1 atom stereocenters. The highest BCUT2D eigenvalue weighted by Gasteiger charge is 2.25. The maximum atomic E-state index is 12.9. The van der Waals surface area contributed by atoms with Crippen LogP contribution in [0.15, 0.2) is 51.7 Å². The molecule has 0 saturated heterocycles. The summed E-state index contributed by atoms with van der Waals surface area (Å²) in [6.45, 7) is 5.17. The van der Waals surface area contributed by atoms with Crippen molar-refractivity contribution in [3.8, 4) is 17.2 Å². The average molecular weight is 437 g/mol. The molecule has 1 unspecified atom stereocenters. The number of methoxy groups -OCH3 is 1. The zero-order chi connectivity index (χ0) is 22.7. The lowest BCUT2D eigenvalue weighted by atomic mass is 10.0. The number of fused-ring (bicyclic) bond motifs is 2. The van der Waals surface area contributed by atoms with Crippen LogP contribution < -0.4 is 19.8 Å². The average Bonchev–Trinajstić information content (AvgIpc) is 2.81. The van der Waals surface area contributed by atoms with Gasteiger partial charge in [-0.3, -0.25) is 4.79 Å². The van der Waals surface area contributed by atoms with Crippen molar-refractivity contribution >= 4 is 16.9 Å². The minimum atomic E-state index is -0.417. The molecule has 0 aliphatic carbocycles. The number of benzene rings is 2. The van der Waals surface area contributed by atoms with Crippen molar-refractivity contribution in [2.75, 3.05) is 26.8 Å². The first kappa shape index (κ1) is 21.7. The van der Waals surface area contributed by atoms with Crippen LogP contribution in [0.5, 0.6) is 17.2 Å². The standard InChI is InChI=1S/C25H27NO6/c1-4-26(14-18-15-30-21-7-5-6-8-22(21)31-18)24(27)12-11-20-16(2)19-10-9-17(29-3)13-23(19)32-25(20)28/h5-10,13,18H,4,11-12,14-15H2,1-3H3. The van der Waals surface area contributed by atoms with E-state index in [2.05, 4.69) is 0 Å². The molecule has 1 aromatic heterocycles. The number of hydrogen-bond donors (Lipinski definition) is 0. The van der Waals surface area contributed by atoms with Gasteiger partial charge >= 0.3 is 5.63 Å². The van der Waals surface area contributed by atoms with Crippen LogP contribution in [0.1, 0.15) is 24.5 Å². The number of para-hydroxylation sites is 2. The quantitative estimate of drug-likeness (QED) is 0.524. The fourth-order valence-corrected chi connectivity index (χ4v) is 3.99.